The van der Waals surface area contributed by atoms with Crippen LogP contribution in [0.25, 0.3) is 0 Å². The first-order valence-electron chi connectivity index (χ1n) is 11.1. The highest BCUT2D eigenvalue weighted by molar-refractivity contribution is 7.80. The van der Waals surface area contributed by atoms with E-state index in [2.05, 4.69) is 0 Å². The van der Waals surface area contributed by atoms with Gasteiger partial charge in [0.2, 0.25) is 5.91 Å². The molecule has 0 aliphatic carbocycles. The third kappa shape index (κ3) is 10.5. The van der Waals surface area contributed by atoms with Gasteiger partial charge in [0.05, 0.1) is 4.99 Å². The first-order chi connectivity index (χ1) is 14.6. The summed E-state index contributed by atoms with van der Waals surface area (Å²) in [6.45, 7) is 13.5. The van der Waals surface area contributed by atoms with Crippen molar-refractivity contribution in [3.63, 3.8) is 0 Å². The number of thiocarbonyl (C=S) groups is 1. The van der Waals surface area contributed by atoms with Gasteiger partial charge in [-0.2, -0.15) is 0 Å². The molecule has 2 fully saturated rings. The molecule has 0 saturated carbocycles. The smallest absolute Gasteiger partial charge is 0.410 e. The topological polar surface area (TPSA) is 128 Å². The zero-order valence-electron chi connectivity index (χ0n) is 20.3. The molecule has 0 atom stereocenters. The minimum atomic E-state index is -0.475. The summed E-state index contributed by atoms with van der Waals surface area (Å²) in [6.07, 6.45) is 2.40. The fourth-order valence-electron chi connectivity index (χ4n) is 3.35. The lowest BCUT2D eigenvalue weighted by atomic mass is 9.97. The third-order valence-corrected chi connectivity index (χ3v) is 5.43. The average Bonchev–Trinajstić information content (AvgIpc) is 2.66. The summed E-state index contributed by atoms with van der Waals surface area (Å²) in [5, 5.41) is 0. The van der Waals surface area contributed by atoms with Crippen LogP contribution >= 0.6 is 12.2 Å². The lowest BCUT2D eigenvalue weighted by molar-refractivity contribution is -0.123. The van der Waals surface area contributed by atoms with Crippen molar-refractivity contribution in [2.75, 3.05) is 26.2 Å². The van der Waals surface area contributed by atoms with Crippen molar-refractivity contribution < 1.29 is 23.9 Å². The van der Waals surface area contributed by atoms with Crippen molar-refractivity contribution in [2.45, 2.75) is 78.4 Å². The minimum Gasteiger partial charge on any atom is -0.444 e. The number of piperidine rings is 2. The van der Waals surface area contributed by atoms with Gasteiger partial charge < -0.3 is 30.7 Å². The van der Waals surface area contributed by atoms with E-state index >= 15 is 0 Å². The van der Waals surface area contributed by atoms with Gasteiger partial charge >= 0.3 is 12.2 Å². The lowest BCUT2D eigenvalue weighted by Crippen LogP contribution is -2.43. The van der Waals surface area contributed by atoms with Gasteiger partial charge in [0, 0.05) is 38.0 Å². The van der Waals surface area contributed by atoms with Crippen LogP contribution in [0.5, 0.6) is 0 Å². The number of nitrogens with zero attached hydrogens (tertiary/aromatic N) is 2. The van der Waals surface area contributed by atoms with Gasteiger partial charge in [-0.05, 0) is 67.2 Å². The van der Waals surface area contributed by atoms with E-state index in [0.29, 0.717) is 44.0 Å². The van der Waals surface area contributed by atoms with Crippen LogP contribution in [0, 0.1) is 11.8 Å². The number of nitrogens with two attached hydrogens (primary N) is 2. The Hall–Kier alpha value is -2.10. The SMILES string of the molecule is CC(C)(C)OC(=O)N1CCC(C(N)=O)CC1.CC(C)(C)OC(=O)N1CCC(C(N)=S)CC1. The Morgan fingerprint density at radius 3 is 1.28 bits per heavy atom. The monoisotopic (exact) mass is 472 g/mol. The normalized spacial score (nSPS) is 18.3. The predicted octanol–water partition coefficient (Wildman–Crippen LogP) is 3.04. The molecule has 9 nitrogen and oxygen atoms in total. The standard InChI is InChI=1S/C11H20N2O3.C11H20N2O2S/c1-11(2,3)16-10(15)13-6-4-8(5-7-13)9(12)14;1-11(2,3)15-10(14)13-6-4-8(5-7-13)9(12)16/h8H,4-7H2,1-3H3,(H2,12,14);8H,4-7H2,1-3H3,(H2,12,16). The van der Waals surface area contributed by atoms with Gasteiger partial charge in [0.15, 0.2) is 0 Å². The summed E-state index contributed by atoms with van der Waals surface area (Å²) in [5.74, 6) is -0.101. The molecule has 2 aliphatic rings. The van der Waals surface area contributed by atoms with Crippen molar-refractivity contribution >= 4 is 35.3 Å². The lowest BCUT2D eigenvalue weighted by Gasteiger charge is -2.33. The first kappa shape index (κ1) is 27.9. The van der Waals surface area contributed by atoms with Gasteiger partial charge in [-0.15, -0.1) is 0 Å². The third-order valence-electron chi connectivity index (χ3n) is 5.10. The highest BCUT2D eigenvalue weighted by Gasteiger charge is 2.29. The number of likely N-dealkylation sites (tertiary alicyclic amines) is 2. The first-order valence-corrected chi connectivity index (χ1v) is 11.5. The van der Waals surface area contributed by atoms with Crippen LogP contribution in [-0.4, -0.2) is 70.3 Å². The molecule has 3 amide bonds. The molecule has 0 unspecified atom stereocenters. The summed E-state index contributed by atoms with van der Waals surface area (Å²) in [5.41, 5.74) is 9.90. The van der Waals surface area contributed by atoms with Crippen LogP contribution in [0.3, 0.4) is 0 Å². The molecule has 184 valence electrons. The summed E-state index contributed by atoms with van der Waals surface area (Å²) < 4.78 is 10.5. The van der Waals surface area contributed by atoms with E-state index in [0.717, 1.165) is 12.8 Å². The molecule has 0 aromatic heterocycles. The summed E-state index contributed by atoms with van der Waals surface area (Å²) >= 11 is 4.95. The predicted molar refractivity (Wildman–Crippen MR) is 127 cm³/mol. The maximum absolute atomic E-state index is 11.7. The van der Waals surface area contributed by atoms with Gasteiger partial charge in [0.1, 0.15) is 11.2 Å². The van der Waals surface area contributed by atoms with Crippen molar-refractivity contribution in [1.82, 2.24) is 9.80 Å². The maximum atomic E-state index is 11.7. The Kier molecular flexibility index (Phi) is 10.2. The highest BCUT2D eigenvalue weighted by Crippen LogP contribution is 2.20. The fourth-order valence-corrected chi connectivity index (χ4v) is 3.58. The van der Waals surface area contributed by atoms with E-state index in [9.17, 15) is 14.4 Å². The highest BCUT2D eigenvalue weighted by atomic mass is 32.1. The Labute approximate surface area is 197 Å². The van der Waals surface area contributed by atoms with Crippen molar-refractivity contribution in [3.8, 4) is 0 Å². The molecular weight excluding hydrogens is 432 g/mol. The zero-order valence-corrected chi connectivity index (χ0v) is 21.1. The molecule has 2 saturated heterocycles. The molecule has 2 rings (SSSR count). The molecule has 0 spiro atoms. The number of hydrogen-bond donors (Lipinski definition) is 2. The number of rotatable bonds is 2. The van der Waals surface area contributed by atoms with Crippen molar-refractivity contribution in [3.05, 3.63) is 0 Å². The van der Waals surface area contributed by atoms with Gasteiger partial charge in [-0.1, -0.05) is 12.2 Å². The van der Waals surface area contributed by atoms with Crippen LogP contribution in [0.1, 0.15) is 67.2 Å². The second-order valence-electron chi connectivity index (χ2n) is 10.3. The van der Waals surface area contributed by atoms with Crippen LogP contribution in [0.4, 0.5) is 9.59 Å². The molecule has 0 radical (unpaired) electrons. The zero-order chi connectivity index (χ0) is 24.7. The molecular formula is C22H40N4O5S. The largest absolute Gasteiger partial charge is 0.444 e. The van der Waals surface area contributed by atoms with Crippen molar-refractivity contribution in [2.24, 2.45) is 23.3 Å². The number of amides is 3. The van der Waals surface area contributed by atoms with Gasteiger partial charge in [-0.25, -0.2) is 9.59 Å². The maximum Gasteiger partial charge on any atom is 0.410 e. The van der Waals surface area contributed by atoms with Crippen LogP contribution < -0.4 is 11.5 Å². The Morgan fingerprint density at radius 1 is 0.719 bits per heavy atom. The quantitative estimate of drug-likeness (QED) is 0.591. The summed E-state index contributed by atoms with van der Waals surface area (Å²) in [4.78, 5) is 38.3. The molecule has 32 heavy (non-hydrogen) atoms. The van der Waals surface area contributed by atoms with E-state index in [1.54, 1.807) is 9.80 Å². The molecule has 2 aliphatic heterocycles. The van der Waals surface area contributed by atoms with E-state index in [1.807, 2.05) is 41.5 Å². The summed E-state index contributed by atoms with van der Waals surface area (Å²) in [7, 11) is 0. The van der Waals surface area contributed by atoms with Crippen LogP contribution in [0.2, 0.25) is 0 Å². The number of hydrogen-bond acceptors (Lipinski definition) is 6. The Bertz CT molecular complexity index is 613. The van der Waals surface area contributed by atoms with Crippen LogP contribution in [0.15, 0.2) is 0 Å². The van der Waals surface area contributed by atoms with E-state index < -0.39 is 11.2 Å². The second-order valence-corrected chi connectivity index (χ2v) is 10.8. The number of primary amides is 1. The molecule has 0 bridgehead atoms. The number of ether oxygens (including phenoxy) is 2. The number of carbonyl (C=O) groups excluding carboxylic acids is 3. The molecule has 2 heterocycles. The molecule has 4 N–H and O–H groups in total. The fraction of sp³-hybridized carbons (Fsp3) is 0.818. The number of carbonyl (C=O) groups is 3. The Balaban J connectivity index is 0.000000320. The van der Waals surface area contributed by atoms with E-state index in [1.165, 1.54) is 0 Å². The van der Waals surface area contributed by atoms with Gasteiger partial charge in [0.25, 0.3) is 0 Å². The average molecular weight is 473 g/mol. The van der Waals surface area contributed by atoms with Gasteiger partial charge in [-0.3, -0.25) is 4.79 Å². The van der Waals surface area contributed by atoms with E-state index in [-0.39, 0.29) is 29.9 Å². The van der Waals surface area contributed by atoms with Crippen LogP contribution in [-0.2, 0) is 14.3 Å². The summed E-state index contributed by atoms with van der Waals surface area (Å²) in [6, 6.07) is 0. The molecule has 0 aromatic carbocycles. The minimum absolute atomic E-state index is 0.0984. The molecule has 0 aromatic rings. The molecule has 10 heteroatoms. The van der Waals surface area contributed by atoms with E-state index in [4.69, 9.17) is 33.2 Å². The Morgan fingerprint density at radius 2 is 1.03 bits per heavy atom. The van der Waals surface area contributed by atoms with Crippen molar-refractivity contribution in [1.29, 1.82) is 0 Å². The second kappa shape index (κ2) is 11.7.